The second-order valence-corrected chi connectivity index (χ2v) is 5.74. The predicted octanol–water partition coefficient (Wildman–Crippen LogP) is 3.83. The molecule has 0 fully saturated rings. The first-order chi connectivity index (χ1) is 10.2. The maximum Gasteiger partial charge on any atom is 0.162 e. The third-order valence-corrected chi connectivity index (χ3v) is 4.44. The lowest BCUT2D eigenvalue weighted by Gasteiger charge is -2.33. The van der Waals surface area contributed by atoms with Crippen molar-refractivity contribution in [3.8, 4) is 0 Å². The summed E-state index contributed by atoms with van der Waals surface area (Å²) in [6.45, 7) is 0. The van der Waals surface area contributed by atoms with Gasteiger partial charge >= 0.3 is 0 Å². The molecule has 0 heterocycles. The molecule has 1 nitrogen and oxygen atoms in total. The van der Waals surface area contributed by atoms with Crippen molar-refractivity contribution in [1.29, 1.82) is 0 Å². The van der Waals surface area contributed by atoms with E-state index in [-0.39, 0.29) is 6.04 Å². The van der Waals surface area contributed by atoms with Crippen molar-refractivity contribution in [2.75, 3.05) is 7.05 Å². The third-order valence-electron chi connectivity index (χ3n) is 4.44. The average Bonchev–Trinajstić information content (AvgIpc) is 2.48. The second kappa shape index (κ2) is 5.94. The number of hydrogen-bond donors (Lipinski definition) is 1. The number of hydrogen-bond acceptors (Lipinski definition) is 1. The van der Waals surface area contributed by atoms with Gasteiger partial charge < -0.3 is 5.32 Å². The number of fused-ring (bicyclic) bond motifs is 1. The Morgan fingerprint density at radius 1 is 1.14 bits per heavy atom. The molecule has 110 valence electrons. The van der Waals surface area contributed by atoms with E-state index < -0.39 is 11.6 Å². The van der Waals surface area contributed by atoms with Crippen LogP contribution in [0, 0.1) is 11.6 Å². The Balaban J connectivity index is 1.68. The van der Waals surface area contributed by atoms with Crippen LogP contribution in [0.5, 0.6) is 0 Å². The molecule has 2 aromatic carbocycles. The third kappa shape index (κ3) is 2.84. The summed E-state index contributed by atoms with van der Waals surface area (Å²) < 4.78 is 27.0. The molecule has 0 spiro atoms. The molecule has 3 heteroatoms. The molecule has 21 heavy (non-hydrogen) atoms. The number of rotatable bonds is 5. The molecule has 2 aromatic rings. The van der Waals surface area contributed by atoms with Crippen molar-refractivity contribution in [2.24, 2.45) is 0 Å². The van der Waals surface area contributed by atoms with Crippen molar-refractivity contribution in [3.05, 3.63) is 70.8 Å². The molecular formula is C18H19F2N. The Labute approximate surface area is 124 Å². The van der Waals surface area contributed by atoms with E-state index in [9.17, 15) is 8.78 Å². The summed E-state index contributed by atoms with van der Waals surface area (Å²) >= 11 is 0. The van der Waals surface area contributed by atoms with Crippen molar-refractivity contribution in [3.63, 3.8) is 0 Å². The summed E-state index contributed by atoms with van der Waals surface area (Å²) in [6, 6.07) is 13.0. The van der Waals surface area contributed by atoms with E-state index in [0.29, 0.717) is 17.9 Å². The van der Waals surface area contributed by atoms with Crippen LogP contribution in [0.3, 0.4) is 0 Å². The van der Waals surface area contributed by atoms with E-state index in [4.69, 9.17) is 0 Å². The number of nitrogens with one attached hydrogen (secondary N) is 1. The fourth-order valence-corrected chi connectivity index (χ4v) is 3.19. The molecule has 0 saturated carbocycles. The summed E-state index contributed by atoms with van der Waals surface area (Å²) in [5.41, 5.74) is 3.26. The van der Waals surface area contributed by atoms with Gasteiger partial charge in [0, 0.05) is 6.04 Å². The van der Waals surface area contributed by atoms with E-state index in [1.165, 1.54) is 11.1 Å². The first-order valence-corrected chi connectivity index (χ1v) is 7.37. The summed E-state index contributed by atoms with van der Waals surface area (Å²) in [5, 5.41) is 3.24. The van der Waals surface area contributed by atoms with E-state index in [0.717, 1.165) is 18.9 Å². The highest BCUT2D eigenvalue weighted by molar-refractivity contribution is 5.40. The van der Waals surface area contributed by atoms with Crippen LogP contribution in [0.1, 0.15) is 29.0 Å². The van der Waals surface area contributed by atoms with Crippen LogP contribution < -0.4 is 5.32 Å². The first kappa shape index (κ1) is 14.2. The zero-order chi connectivity index (χ0) is 14.8. The number of benzene rings is 2. The van der Waals surface area contributed by atoms with Gasteiger partial charge in [-0.3, -0.25) is 0 Å². The van der Waals surface area contributed by atoms with Crippen molar-refractivity contribution in [2.45, 2.75) is 31.2 Å². The smallest absolute Gasteiger partial charge is 0.162 e. The zero-order valence-corrected chi connectivity index (χ0v) is 12.1. The Morgan fingerprint density at radius 3 is 2.71 bits per heavy atom. The Bertz CT molecular complexity index is 639. The van der Waals surface area contributed by atoms with Crippen LogP contribution in [0.25, 0.3) is 0 Å². The van der Waals surface area contributed by atoms with Gasteiger partial charge in [-0.1, -0.05) is 36.4 Å². The van der Waals surface area contributed by atoms with Gasteiger partial charge in [0.15, 0.2) is 11.6 Å². The Hall–Kier alpha value is -1.74. The average molecular weight is 287 g/mol. The summed E-state index contributed by atoms with van der Waals surface area (Å²) in [5.74, 6) is -0.960. The van der Waals surface area contributed by atoms with Crippen LogP contribution in [0.2, 0.25) is 0 Å². The molecule has 1 aliphatic rings. The lowest BCUT2D eigenvalue weighted by molar-refractivity contribution is 0.427. The highest BCUT2D eigenvalue weighted by Gasteiger charge is 2.28. The first-order valence-electron chi connectivity index (χ1n) is 7.37. The molecule has 0 bridgehead atoms. The fraction of sp³-hybridized carbons (Fsp3) is 0.333. The minimum absolute atomic E-state index is 0.152. The molecule has 3 rings (SSSR count). The Morgan fingerprint density at radius 2 is 1.95 bits per heavy atom. The minimum Gasteiger partial charge on any atom is -0.317 e. The molecular weight excluding hydrogens is 268 g/mol. The molecule has 2 atom stereocenters. The van der Waals surface area contributed by atoms with Gasteiger partial charge in [0.1, 0.15) is 0 Å². The summed E-state index contributed by atoms with van der Waals surface area (Å²) in [4.78, 5) is 0. The number of halogens is 2. The molecule has 2 unspecified atom stereocenters. The van der Waals surface area contributed by atoms with E-state index in [2.05, 4.69) is 29.6 Å². The van der Waals surface area contributed by atoms with Crippen molar-refractivity contribution >= 4 is 0 Å². The molecule has 1 aliphatic carbocycles. The van der Waals surface area contributed by atoms with Crippen LogP contribution >= 0.6 is 0 Å². The molecule has 0 radical (unpaired) electrons. The molecule has 1 N–H and O–H groups in total. The van der Waals surface area contributed by atoms with Crippen molar-refractivity contribution in [1.82, 2.24) is 5.32 Å². The predicted molar refractivity (Wildman–Crippen MR) is 80.4 cm³/mol. The molecule has 0 saturated heterocycles. The van der Waals surface area contributed by atoms with Crippen LogP contribution in [-0.2, 0) is 12.8 Å². The molecule has 0 aromatic heterocycles. The van der Waals surface area contributed by atoms with E-state index in [1.807, 2.05) is 7.05 Å². The standard InChI is InChI=1S/C18H19F2N/c1-21-15(10-13-6-4-8-17(19)18(13)20)11-14-9-12-5-2-3-7-16(12)14/h2-8,14-15,21H,9-11H2,1H3. The highest BCUT2D eigenvalue weighted by atomic mass is 19.2. The summed E-state index contributed by atoms with van der Waals surface area (Å²) in [6.07, 6.45) is 2.54. The van der Waals surface area contributed by atoms with Gasteiger partial charge in [-0.05, 0) is 55.0 Å². The SMILES string of the molecule is CNC(Cc1cccc(F)c1F)CC1Cc2ccccc21. The lowest BCUT2D eigenvalue weighted by atomic mass is 9.74. The number of likely N-dealkylation sites (N-methyl/N-ethyl adjacent to an activating group) is 1. The van der Waals surface area contributed by atoms with Gasteiger partial charge in [-0.15, -0.1) is 0 Å². The quantitative estimate of drug-likeness (QED) is 0.881. The largest absolute Gasteiger partial charge is 0.317 e. The van der Waals surface area contributed by atoms with E-state index >= 15 is 0 Å². The zero-order valence-electron chi connectivity index (χ0n) is 12.1. The topological polar surface area (TPSA) is 12.0 Å². The molecule has 0 aliphatic heterocycles. The van der Waals surface area contributed by atoms with Gasteiger partial charge in [0.2, 0.25) is 0 Å². The summed E-state index contributed by atoms with van der Waals surface area (Å²) in [7, 11) is 1.88. The second-order valence-electron chi connectivity index (χ2n) is 5.74. The Kier molecular flexibility index (Phi) is 4.02. The fourth-order valence-electron chi connectivity index (χ4n) is 3.19. The molecule has 0 amide bonds. The van der Waals surface area contributed by atoms with Crippen LogP contribution in [0.15, 0.2) is 42.5 Å². The maximum absolute atomic E-state index is 13.8. The van der Waals surface area contributed by atoms with Gasteiger partial charge in [0.05, 0.1) is 0 Å². The van der Waals surface area contributed by atoms with Gasteiger partial charge in [0.25, 0.3) is 0 Å². The monoisotopic (exact) mass is 287 g/mol. The normalized spacial score (nSPS) is 18.0. The maximum atomic E-state index is 13.8. The van der Waals surface area contributed by atoms with E-state index in [1.54, 1.807) is 12.1 Å². The van der Waals surface area contributed by atoms with Gasteiger partial charge in [-0.2, -0.15) is 0 Å². The van der Waals surface area contributed by atoms with Crippen LogP contribution in [-0.4, -0.2) is 13.1 Å². The minimum atomic E-state index is -0.767. The van der Waals surface area contributed by atoms with Crippen LogP contribution in [0.4, 0.5) is 8.78 Å². The van der Waals surface area contributed by atoms with Crippen molar-refractivity contribution < 1.29 is 8.78 Å². The highest BCUT2D eigenvalue weighted by Crippen LogP contribution is 2.38. The lowest BCUT2D eigenvalue weighted by Crippen LogP contribution is -2.33. The van der Waals surface area contributed by atoms with Gasteiger partial charge in [-0.25, -0.2) is 8.78 Å².